The molecule has 3 rings (SSSR count). The molecule has 1 fully saturated rings. The fraction of sp³-hybridized carbons (Fsp3) is 0.353. The maximum absolute atomic E-state index is 12.6. The van der Waals surface area contributed by atoms with Gasteiger partial charge in [-0.25, -0.2) is 0 Å². The summed E-state index contributed by atoms with van der Waals surface area (Å²) in [5, 5.41) is 9.24. The maximum atomic E-state index is 12.6. The van der Waals surface area contributed by atoms with E-state index in [1.165, 1.54) is 0 Å². The number of nitrogens with zero attached hydrogens (tertiary/aromatic N) is 2. The van der Waals surface area contributed by atoms with Crippen molar-refractivity contribution < 1.29 is 14.3 Å². The number of carbonyl (C=O) groups excluding carboxylic acids is 2. The fourth-order valence-electron chi connectivity index (χ4n) is 2.79. The minimum atomic E-state index is -0.209. The van der Waals surface area contributed by atoms with Crippen LogP contribution >= 0.6 is 0 Å². The van der Waals surface area contributed by atoms with E-state index in [0.717, 1.165) is 0 Å². The minimum absolute atomic E-state index is 0.0739. The van der Waals surface area contributed by atoms with Gasteiger partial charge in [0.25, 0.3) is 5.91 Å². The number of anilines is 1. The van der Waals surface area contributed by atoms with Gasteiger partial charge in [-0.2, -0.15) is 5.10 Å². The van der Waals surface area contributed by atoms with Gasteiger partial charge in [-0.3, -0.25) is 14.7 Å². The van der Waals surface area contributed by atoms with Gasteiger partial charge in [0.2, 0.25) is 5.91 Å². The first-order chi connectivity index (χ1) is 11.7. The summed E-state index contributed by atoms with van der Waals surface area (Å²) in [6.07, 6.45) is 3.82. The van der Waals surface area contributed by atoms with Crippen LogP contribution in [-0.4, -0.2) is 46.6 Å². The molecule has 126 valence electrons. The number of amides is 2. The summed E-state index contributed by atoms with van der Waals surface area (Å²) in [7, 11) is 0. The first kappa shape index (κ1) is 16.0. The predicted octanol–water partition coefficient (Wildman–Crippen LogP) is 1.91. The Morgan fingerprint density at radius 2 is 2.33 bits per heavy atom. The molecule has 2 amide bonds. The molecule has 1 saturated heterocycles. The van der Waals surface area contributed by atoms with Crippen molar-refractivity contribution in [2.24, 2.45) is 5.92 Å². The van der Waals surface area contributed by atoms with Gasteiger partial charge in [0.05, 0.1) is 24.4 Å². The van der Waals surface area contributed by atoms with Crippen molar-refractivity contribution in [3.63, 3.8) is 0 Å². The van der Waals surface area contributed by atoms with E-state index in [-0.39, 0.29) is 17.7 Å². The van der Waals surface area contributed by atoms with Crippen molar-refractivity contribution in [3.05, 3.63) is 42.2 Å². The van der Waals surface area contributed by atoms with Gasteiger partial charge in [-0.1, -0.05) is 6.07 Å². The number of likely N-dealkylation sites (tertiary alicyclic amines) is 1. The standard InChI is InChI=1S/C17H20N4O3/c1-2-24-15-5-3-4-12(8-15)17(23)21-7-6-13(11-21)16(22)20-14-9-18-19-10-14/h3-5,8-10,13H,2,6-7,11H2,1H3,(H,18,19)(H,20,22). The Balaban J connectivity index is 1.61. The number of H-pyrrole nitrogens is 1. The number of aromatic nitrogens is 2. The lowest BCUT2D eigenvalue weighted by atomic mass is 10.1. The first-order valence-corrected chi connectivity index (χ1v) is 7.99. The number of benzene rings is 1. The zero-order valence-electron chi connectivity index (χ0n) is 13.5. The smallest absolute Gasteiger partial charge is 0.254 e. The van der Waals surface area contributed by atoms with E-state index in [9.17, 15) is 9.59 Å². The topological polar surface area (TPSA) is 87.3 Å². The average molecular weight is 328 g/mol. The normalized spacial score (nSPS) is 16.9. The highest BCUT2D eigenvalue weighted by Crippen LogP contribution is 2.22. The van der Waals surface area contributed by atoms with Crippen LogP contribution in [0.25, 0.3) is 0 Å². The van der Waals surface area contributed by atoms with Crippen LogP contribution < -0.4 is 10.1 Å². The van der Waals surface area contributed by atoms with Crippen LogP contribution in [0.1, 0.15) is 23.7 Å². The summed E-state index contributed by atoms with van der Waals surface area (Å²) < 4.78 is 5.43. The second-order valence-corrected chi connectivity index (χ2v) is 5.67. The van der Waals surface area contributed by atoms with Gasteiger partial charge in [0, 0.05) is 24.8 Å². The molecule has 1 unspecified atom stereocenters. The van der Waals surface area contributed by atoms with Crippen LogP contribution in [0, 0.1) is 5.92 Å². The summed E-state index contributed by atoms with van der Waals surface area (Å²) >= 11 is 0. The van der Waals surface area contributed by atoms with Crippen molar-refractivity contribution in [1.29, 1.82) is 0 Å². The highest BCUT2D eigenvalue weighted by Gasteiger charge is 2.31. The molecule has 1 aliphatic rings. The zero-order valence-corrected chi connectivity index (χ0v) is 13.5. The number of hydrogen-bond donors (Lipinski definition) is 2. The number of rotatable bonds is 5. The lowest BCUT2D eigenvalue weighted by molar-refractivity contribution is -0.119. The quantitative estimate of drug-likeness (QED) is 0.878. The molecular weight excluding hydrogens is 308 g/mol. The van der Waals surface area contributed by atoms with Crippen LogP contribution in [0.4, 0.5) is 5.69 Å². The number of nitrogens with one attached hydrogen (secondary N) is 2. The van der Waals surface area contributed by atoms with Gasteiger partial charge in [-0.15, -0.1) is 0 Å². The lowest BCUT2D eigenvalue weighted by Crippen LogP contribution is -2.31. The Bertz CT molecular complexity index is 714. The molecule has 0 aliphatic carbocycles. The molecule has 1 aromatic heterocycles. The molecule has 0 saturated carbocycles. The second kappa shape index (κ2) is 7.16. The molecule has 1 atom stereocenters. The van der Waals surface area contributed by atoms with Gasteiger partial charge in [0.1, 0.15) is 5.75 Å². The van der Waals surface area contributed by atoms with E-state index in [1.54, 1.807) is 35.5 Å². The van der Waals surface area contributed by atoms with Crippen molar-refractivity contribution in [1.82, 2.24) is 15.1 Å². The third kappa shape index (κ3) is 3.56. The highest BCUT2D eigenvalue weighted by molar-refractivity contribution is 5.97. The van der Waals surface area contributed by atoms with E-state index in [1.807, 2.05) is 13.0 Å². The first-order valence-electron chi connectivity index (χ1n) is 7.99. The molecule has 1 aliphatic heterocycles. The molecule has 24 heavy (non-hydrogen) atoms. The summed E-state index contributed by atoms with van der Waals surface area (Å²) in [4.78, 5) is 26.6. The SMILES string of the molecule is CCOc1cccc(C(=O)N2CCC(C(=O)Nc3cn[nH]c3)C2)c1. The molecule has 0 bridgehead atoms. The number of carbonyl (C=O) groups is 2. The van der Waals surface area contributed by atoms with Crippen LogP contribution in [0.3, 0.4) is 0 Å². The maximum Gasteiger partial charge on any atom is 0.254 e. The lowest BCUT2D eigenvalue weighted by Gasteiger charge is -2.17. The average Bonchev–Trinajstić information content (AvgIpc) is 3.26. The van der Waals surface area contributed by atoms with Crippen molar-refractivity contribution in [2.45, 2.75) is 13.3 Å². The molecule has 0 spiro atoms. The van der Waals surface area contributed by atoms with Crippen LogP contribution in [0.5, 0.6) is 5.75 Å². The molecule has 7 nitrogen and oxygen atoms in total. The Morgan fingerprint density at radius 3 is 3.08 bits per heavy atom. The molecule has 1 aromatic carbocycles. The highest BCUT2D eigenvalue weighted by atomic mass is 16.5. The van der Waals surface area contributed by atoms with Gasteiger partial charge >= 0.3 is 0 Å². The fourth-order valence-corrected chi connectivity index (χ4v) is 2.79. The van der Waals surface area contributed by atoms with Crippen molar-refractivity contribution in [2.75, 3.05) is 25.0 Å². The summed E-state index contributed by atoms with van der Waals surface area (Å²) in [5.74, 6) is 0.306. The molecular formula is C17H20N4O3. The third-order valence-electron chi connectivity index (χ3n) is 4.00. The molecule has 0 radical (unpaired) electrons. The largest absolute Gasteiger partial charge is 0.494 e. The summed E-state index contributed by atoms with van der Waals surface area (Å²) in [5.41, 5.74) is 1.21. The summed E-state index contributed by atoms with van der Waals surface area (Å²) in [6, 6.07) is 7.14. The Hall–Kier alpha value is -2.83. The van der Waals surface area contributed by atoms with Gasteiger partial charge < -0.3 is 15.0 Å². The van der Waals surface area contributed by atoms with E-state index >= 15 is 0 Å². The number of hydrogen-bond acceptors (Lipinski definition) is 4. The van der Waals surface area contributed by atoms with Crippen LogP contribution in [-0.2, 0) is 4.79 Å². The van der Waals surface area contributed by atoms with Gasteiger partial charge in [0.15, 0.2) is 0 Å². The Labute approximate surface area is 140 Å². The summed E-state index contributed by atoms with van der Waals surface area (Å²) in [6.45, 7) is 3.44. The third-order valence-corrected chi connectivity index (χ3v) is 4.00. The number of aromatic amines is 1. The van der Waals surface area contributed by atoms with E-state index < -0.39 is 0 Å². The Kier molecular flexibility index (Phi) is 4.79. The number of ether oxygens (including phenoxy) is 1. The van der Waals surface area contributed by atoms with Crippen LogP contribution in [0.2, 0.25) is 0 Å². The van der Waals surface area contributed by atoms with Crippen molar-refractivity contribution >= 4 is 17.5 Å². The zero-order chi connectivity index (χ0) is 16.9. The molecule has 7 heteroatoms. The monoisotopic (exact) mass is 328 g/mol. The van der Waals surface area contributed by atoms with E-state index in [2.05, 4.69) is 15.5 Å². The van der Waals surface area contributed by atoms with E-state index in [4.69, 9.17) is 4.74 Å². The molecule has 2 aromatic rings. The molecule has 2 N–H and O–H groups in total. The second-order valence-electron chi connectivity index (χ2n) is 5.67. The van der Waals surface area contributed by atoms with Crippen LogP contribution in [0.15, 0.2) is 36.7 Å². The minimum Gasteiger partial charge on any atom is -0.494 e. The van der Waals surface area contributed by atoms with E-state index in [0.29, 0.717) is 43.1 Å². The predicted molar refractivity (Wildman–Crippen MR) is 88.8 cm³/mol. The molecule has 2 heterocycles. The van der Waals surface area contributed by atoms with Crippen molar-refractivity contribution in [3.8, 4) is 5.75 Å². The Morgan fingerprint density at radius 1 is 1.46 bits per heavy atom. The van der Waals surface area contributed by atoms with Gasteiger partial charge in [-0.05, 0) is 31.5 Å².